The number of rotatable bonds is 2. The minimum atomic E-state index is -0.266. The summed E-state index contributed by atoms with van der Waals surface area (Å²) in [5.74, 6) is -0.218. The Labute approximate surface area is 121 Å². The number of carbonyl (C=O) groups is 2. The molecule has 0 bridgehead atoms. The van der Waals surface area contributed by atoms with Crippen LogP contribution in [-0.2, 0) is 14.3 Å². The van der Waals surface area contributed by atoms with Crippen molar-refractivity contribution >= 4 is 11.8 Å². The second-order valence-corrected chi connectivity index (χ2v) is 6.85. The van der Waals surface area contributed by atoms with Gasteiger partial charge in [-0.25, -0.2) is 0 Å². The first-order valence-electron chi connectivity index (χ1n) is 7.26. The van der Waals surface area contributed by atoms with Crippen molar-refractivity contribution in [3.63, 3.8) is 0 Å². The van der Waals surface area contributed by atoms with E-state index in [4.69, 9.17) is 4.74 Å². The smallest absolute Gasteiger partial charge is 0.309 e. The summed E-state index contributed by atoms with van der Waals surface area (Å²) >= 11 is 0. The Morgan fingerprint density at radius 1 is 1.30 bits per heavy atom. The van der Waals surface area contributed by atoms with Gasteiger partial charge in [-0.1, -0.05) is 32.8 Å². The molecule has 20 heavy (non-hydrogen) atoms. The van der Waals surface area contributed by atoms with E-state index in [1.165, 1.54) is 12.7 Å². The molecule has 0 aliphatic heterocycles. The average Bonchev–Trinajstić information content (AvgIpc) is 2.37. The highest BCUT2D eigenvalue weighted by Crippen LogP contribution is 2.57. The Balaban J connectivity index is 2.51. The van der Waals surface area contributed by atoms with E-state index in [1.54, 1.807) is 0 Å². The number of methoxy groups -OCH3 is 1. The molecular weight excluding hydrogens is 252 g/mol. The molecule has 1 atom stereocenters. The molecule has 0 N–H and O–H groups in total. The summed E-state index contributed by atoms with van der Waals surface area (Å²) in [6.07, 6.45) is 5.24. The van der Waals surface area contributed by atoms with Crippen molar-refractivity contribution in [3.8, 4) is 0 Å². The summed E-state index contributed by atoms with van der Waals surface area (Å²) in [5.41, 5.74) is 2.71. The number of allylic oxidation sites excluding steroid dienone is 3. The molecule has 1 fully saturated rings. The highest BCUT2D eigenvalue weighted by Gasteiger charge is 2.47. The molecule has 1 unspecified atom stereocenters. The van der Waals surface area contributed by atoms with Gasteiger partial charge in [-0.2, -0.15) is 0 Å². The first-order chi connectivity index (χ1) is 9.22. The van der Waals surface area contributed by atoms with Gasteiger partial charge in [0.1, 0.15) is 0 Å². The molecule has 0 spiro atoms. The molecule has 2 rings (SSSR count). The van der Waals surface area contributed by atoms with Crippen molar-refractivity contribution in [2.24, 2.45) is 10.8 Å². The first kappa shape index (κ1) is 15.0. The van der Waals surface area contributed by atoms with Crippen LogP contribution in [0.1, 0.15) is 53.4 Å². The van der Waals surface area contributed by atoms with Crippen LogP contribution >= 0.6 is 0 Å². The van der Waals surface area contributed by atoms with Crippen molar-refractivity contribution in [2.75, 3.05) is 7.11 Å². The number of fused-ring (bicyclic) bond motifs is 1. The lowest BCUT2D eigenvalue weighted by molar-refractivity contribution is -0.140. The fourth-order valence-corrected chi connectivity index (χ4v) is 3.91. The van der Waals surface area contributed by atoms with Gasteiger partial charge in [0.2, 0.25) is 0 Å². The van der Waals surface area contributed by atoms with Crippen molar-refractivity contribution in [1.82, 2.24) is 0 Å². The van der Waals surface area contributed by atoms with E-state index in [-0.39, 0.29) is 29.0 Å². The third-order valence-corrected chi connectivity index (χ3v) is 5.11. The van der Waals surface area contributed by atoms with Gasteiger partial charge in [-0.3, -0.25) is 9.59 Å². The zero-order valence-electron chi connectivity index (χ0n) is 13.1. The van der Waals surface area contributed by atoms with Crippen molar-refractivity contribution in [3.05, 3.63) is 22.8 Å². The molecule has 0 heterocycles. The van der Waals surface area contributed by atoms with Crippen LogP contribution in [0.5, 0.6) is 0 Å². The monoisotopic (exact) mass is 276 g/mol. The first-order valence-corrected chi connectivity index (χ1v) is 7.26. The van der Waals surface area contributed by atoms with Gasteiger partial charge in [-0.15, -0.1) is 0 Å². The number of esters is 1. The van der Waals surface area contributed by atoms with Gasteiger partial charge in [0, 0.05) is 5.41 Å². The van der Waals surface area contributed by atoms with E-state index >= 15 is 0 Å². The molecule has 0 saturated heterocycles. The van der Waals surface area contributed by atoms with Crippen LogP contribution in [0.15, 0.2) is 22.8 Å². The Kier molecular flexibility index (Phi) is 3.66. The maximum Gasteiger partial charge on any atom is 0.309 e. The minimum Gasteiger partial charge on any atom is -0.469 e. The van der Waals surface area contributed by atoms with E-state index in [0.29, 0.717) is 0 Å². The van der Waals surface area contributed by atoms with Crippen molar-refractivity contribution < 1.29 is 14.3 Å². The van der Waals surface area contributed by atoms with E-state index in [0.717, 1.165) is 30.4 Å². The number of carbonyl (C=O) groups excluding carboxylic acids is 2. The largest absolute Gasteiger partial charge is 0.469 e. The van der Waals surface area contributed by atoms with Gasteiger partial charge in [0.25, 0.3) is 0 Å². The van der Waals surface area contributed by atoms with Gasteiger partial charge >= 0.3 is 5.97 Å². The molecule has 3 heteroatoms. The number of ether oxygens (including phenoxy) is 1. The van der Waals surface area contributed by atoms with E-state index in [9.17, 15) is 9.59 Å². The summed E-state index contributed by atoms with van der Waals surface area (Å²) in [6, 6.07) is 0. The third-order valence-electron chi connectivity index (χ3n) is 5.11. The van der Waals surface area contributed by atoms with Crippen LogP contribution in [0.25, 0.3) is 0 Å². The zero-order chi connectivity index (χ0) is 15.1. The Morgan fingerprint density at radius 2 is 1.95 bits per heavy atom. The molecule has 2 aliphatic rings. The molecule has 0 radical (unpaired) electrons. The summed E-state index contributed by atoms with van der Waals surface area (Å²) in [6.45, 7) is 8.40. The quantitative estimate of drug-likeness (QED) is 0.724. The number of ketones is 1. The zero-order valence-corrected chi connectivity index (χ0v) is 13.1. The van der Waals surface area contributed by atoms with Crippen LogP contribution in [0.2, 0.25) is 0 Å². The molecule has 1 saturated carbocycles. The Morgan fingerprint density at radius 3 is 2.55 bits per heavy atom. The minimum absolute atomic E-state index is 0.0186. The SMILES string of the molecule is COC(=O)CC1=C(C)C(=O)C=C2C(C)(C)CCCC21C. The molecule has 0 amide bonds. The predicted octanol–water partition coefficient (Wildman–Crippen LogP) is 3.59. The highest BCUT2D eigenvalue weighted by molar-refractivity contribution is 6.07. The maximum atomic E-state index is 12.3. The topological polar surface area (TPSA) is 43.4 Å². The number of hydrogen-bond acceptors (Lipinski definition) is 3. The normalized spacial score (nSPS) is 28.9. The average molecular weight is 276 g/mol. The standard InChI is InChI=1S/C17H24O3/c1-11-12(9-15(19)20-5)17(4)8-6-7-16(2,3)14(17)10-13(11)18/h10H,6-9H2,1-5H3. The Hall–Kier alpha value is -1.38. The lowest BCUT2D eigenvalue weighted by atomic mass is 9.54. The number of hydrogen-bond donors (Lipinski definition) is 0. The Bertz CT molecular complexity index is 522. The second kappa shape index (κ2) is 4.87. The fraction of sp³-hybridized carbons (Fsp3) is 0.647. The predicted molar refractivity (Wildman–Crippen MR) is 78.2 cm³/mol. The lowest BCUT2D eigenvalue weighted by Crippen LogP contribution is -2.40. The molecule has 0 aromatic carbocycles. The van der Waals surface area contributed by atoms with E-state index < -0.39 is 0 Å². The molecule has 0 aromatic rings. The molecule has 0 aromatic heterocycles. The van der Waals surface area contributed by atoms with E-state index in [2.05, 4.69) is 20.8 Å². The van der Waals surface area contributed by atoms with Crippen LogP contribution in [0.4, 0.5) is 0 Å². The van der Waals surface area contributed by atoms with E-state index in [1.807, 2.05) is 13.0 Å². The molecule has 3 nitrogen and oxygen atoms in total. The summed E-state index contributed by atoms with van der Waals surface area (Å²) < 4.78 is 4.81. The van der Waals surface area contributed by atoms with Crippen LogP contribution in [-0.4, -0.2) is 18.9 Å². The van der Waals surface area contributed by atoms with Gasteiger partial charge in [-0.05, 0) is 42.4 Å². The fourth-order valence-electron chi connectivity index (χ4n) is 3.91. The van der Waals surface area contributed by atoms with Crippen molar-refractivity contribution in [2.45, 2.75) is 53.4 Å². The van der Waals surface area contributed by atoms with Gasteiger partial charge in [0.05, 0.1) is 13.5 Å². The maximum absolute atomic E-state index is 12.3. The van der Waals surface area contributed by atoms with Crippen LogP contribution < -0.4 is 0 Å². The van der Waals surface area contributed by atoms with Gasteiger partial charge in [0.15, 0.2) is 5.78 Å². The molecule has 2 aliphatic carbocycles. The summed E-state index contributed by atoms with van der Waals surface area (Å²) in [7, 11) is 1.40. The van der Waals surface area contributed by atoms with Crippen LogP contribution in [0, 0.1) is 10.8 Å². The second-order valence-electron chi connectivity index (χ2n) is 6.85. The lowest BCUT2D eigenvalue weighted by Gasteiger charge is -2.49. The van der Waals surface area contributed by atoms with Crippen LogP contribution in [0.3, 0.4) is 0 Å². The highest BCUT2D eigenvalue weighted by atomic mass is 16.5. The summed E-state index contributed by atoms with van der Waals surface area (Å²) in [4.78, 5) is 24.0. The summed E-state index contributed by atoms with van der Waals surface area (Å²) in [5, 5.41) is 0. The van der Waals surface area contributed by atoms with Gasteiger partial charge < -0.3 is 4.74 Å². The van der Waals surface area contributed by atoms with Crippen molar-refractivity contribution in [1.29, 1.82) is 0 Å². The third kappa shape index (κ3) is 2.23. The molecular formula is C17H24O3. The molecule has 110 valence electrons.